The summed E-state index contributed by atoms with van der Waals surface area (Å²) in [6, 6.07) is 12.6. The predicted octanol–water partition coefficient (Wildman–Crippen LogP) is 1.61. The maximum Gasteiger partial charge on any atom is 0.261 e. The number of aryl methyl sites for hydroxylation is 1. The average molecular weight is 375 g/mol. The van der Waals surface area contributed by atoms with Gasteiger partial charge < -0.3 is 10.2 Å². The highest BCUT2D eigenvalue weighted by atomic mass is 32.2. The third kappa shape index (κ3) is 4.82. The molecule has 7 nitrogen and oxygen atoms in total. The Morgan fingerprint density at radius 1 is 1.00 bits per heavy atom. The average Bonchev–Trinajstić information content (AvgIpc) is 2.61. The molecule has 26 heavy (non-hydrogen) atoms. The molecule has 0 aliphatic heterocycles. The lowest BCUT2D eigenvalue weighted by Gasteiger charge is -2.12. The summed E-state index contributed by atoms with van der Waals surface area (Å²) in [5, 5.41) is 2.49. The number of benzene rings is 2. The molecule has 0 spiro atoms. The molecule has 0 saturated carbocycles. The van der Waals surface area contributed by atoms with Gasteiger partial charge in [-0.1, -0.05) is 18.2 Å². The first kappa shape index (κ1) is 19.5. The molecule has 0 aromatic heterocycles. The molecule has 138 valence electrons. The van der Waals surface area contributed by atoms with Gasteiger partial charge in [0.2, 0.25) is 5.91 Å². The van der Waals surface area contributed by atoms with E-state index in [2.05, 4.69) is 10.0 Å². The van der Waals surface area contributed by atoms with Gasteiger partial charge in [0.25, 0.3) is 15.9 Å². The van der Waals surface area contributed by atoms with Crippen LogP contribution in [0.5, 0.6) is 0 Å². The summed E-state index contributed by atoms with van der Waals surface area (Å²) < 4.78 is 27.5. The zero-order chi connectivity index (χ0) is 19.3. The van der Waals surface area contributed by atoms with Gasteiger partial charge in [-0.05, 0) is 42.8 Å². The molecule has 8 heteroatoms. The Morgan fingerprint density at radius 3 is 2.19 bits per heavy atom. The summed E-state index contributed by atoms with van der Waals surface area (Å²) in [5.41, 5.74) is 1.57. The molecule has 2 rings (SSSR count). The molecule has 0 aliphatic carbocycles. The van der Waals surface area contributed by atoms with Crippen molar-refractivity contribution in [2.75, 3.05) is 25.4 Å². The quantitative estimate of drug-likeness (QED) is 0.802. The van der Waals surface area contributed by atoms with Crippen molar-refractivity contribution in [2.45, 2.75) is 11.8 Å². The zero-order valence-electron chi connectivity index (χ0n) is 14.8. The fraction of sp³-hybridized carbons (Fsp3) is 0.222. The Morgan fingerprint density at radius 2 is 1.62 bits per heavy atom. The normalized spacial score (nSPS) is 10.9. The monoisotopic (exact) mass is 375 g/mol. The van der Waals surface area contributed by atoms with Crippen LogP contribution >= 0.6 is 0 Å². The van der Waals surface area contributed by atoms with Crippen LogP contribution in [-0.4, -0.2) is 45.8 Å². The van der Waals surface area contributed by atoms with Gasteiger partial charge in [0.1, 0.15) is 0 Å². The summed E-state index contributed by atoms with van der Waals surface area (Å²) in [6.45, 7) is 1.68. The molecule has 0 radical (unpaired) electrons. The molecule has 0 fully saturated rings. The number of anilines is 1. The van der Waals surface area contributed by atoms with Gasteiger partial charge in [0.05, 0.1) is 17.1 Å². The van der Waals surface area contributed by atoms with Gasteiger partial charge in [-0.3, -0.25) is 14.3 Å². The fourth-order valence-corrected chi connectivity index (χ4v) is 3.22. The molecular formula is C18H21N3O4S. The first-order valence-electron chi connectivity index (χ1n) is 7.87. The van der Waals surface area contributed by atoms with Crippen molar-refractivity contribution < 1.29 is 18.0 Å². The smallest absolute Gasteiger partial charge is 0.261 e. The number of hydrogen-bond acceptors (Lipinski definition) is 4. The minimum Gasteiger partial charge on any atom is -0.347 e. The van der Waals surface area contributed by atoms with Crippen molar-refractivity contribution in [1.29, 1.82) is 0 Å². The molecule has 2 amide bonds. The highest BCUT2D eigenvalue weighted by Gasteiger charge is 2.16. The Balaban J connectivity index is 2.09. The Bertz CT molecular complexity index is 906. The van der Waals surface area contributed by atoms with Crippen molar-refractivity contribution in [3.8, 4) is 0 Å². The molecule has 0 bridgehead atoms. The van der Waals surface area contributed by atoms with Crippen molar-refractivity contribution in [1.82, 2.24) is 10.2 Å². The standard InChI is InChI=1S/C18H21N3O4S/c1-13-6-4-5-7-16(13)20-26(24,25)15-10-8-14(9-11-15)18(23)19-12-17(22)21(2)3/h4-11,20H,12H2,1-3H3,(H,19,23). The van der Waals surface area contributed by atoms with Crippen LogP contribution < -0.4 is 10.0 Å². The van der Waals surface area contributed by atoms with Gasteiger partial charge in [-0.2, -0.15) is 0 Å². The predicted molar refractivity (Wildman–Crippen MR) is 99.5 cm³/mol. The zero-order valence-corrected chi connectivity index (χ0v) is 15.6. The number of likely N-dealkylation sites (N-methyl/N-ethyl adjacent to an activating group) is 1. The molecule has 0 atom stereocenters. The SMILES string of the molecule is Cc1ccccc1NS(=O)(=O)c1ccc(C(=O)NCC(=O)N(C)C)cc1. The number of rotatable bonds is 6. The van der Waals surface area contributed by atoms with Crippen LogP contribution in [0.4, 0.5) is 5.69 Å². The van der Waals surface area contributed by atoms with Crippen molar-refractivity contribution >= 4 is 27.5 Å². The first-order chi connectivity index (χ1) is 12.2. The molecular weight excluding hydrogens is 354 g/mol. The van der Waals surface area contributed by atoms with E-state index in [-0.39, 0.29) is 22.9 Å². The topological polar surface area (TPSA) is 95.6 Å². The highest BCUT2D eigenvalue weighted by Crippen LogP contribution is 2.19. The van der Waals surface area contributed by atoms with E-state index in [0.29, 0.717) is 5.69 Å². The maximum absolute atomic E-state index is 12.5. The van der Waals surface area contributed by atoms with Gasteiger partial charge in [-0.25, -0.2) is 8.42 Å². The Labute approximate surface area is 153 Å². The van der Waals surface area contributed by atoms with Crippen molar-refractivity contribution in [2.24, 2.45) is 0 Å². The molecule has 2 aromatic rings. The second kappa shape index (κ2) is 8.01. The third-order valence-corrected chi connectivity index (χ3v) is 5.10. The largest absolute Gasteiger partial charge is 0.347 e. The van der Waals surface area contributed by atoms with Crippen LogP contribution in [0.25, 0.3) is 0 Å². The Hall–Kier alpha value is -2.87. The lowest BCUT2D eigenvalue weighted by atomic mass is 10.2. The number of carbonyl (C=O) groups is 2. The van der Waals surface area contributed by atoms with E-state index in [4.69, 9.17) is 0 Å². The van der Waals surface area contributed by atoms with Crippen LogP contribution in [0, 0.1) is 6.92 Å². The van der Waals surface area contributed by atoms with Gasteiger partial charge in [0, 0.05) is 19.7 Å². The second-order valence-electron chi connectivity index (χ2n) is 5.92. The molecule has 2 aromatic carbocycles. The fourth-order valence-electron chi connectivity index (χ4n) is 2.09. The van der Waals surface area contributed by atoms with Crippen LogP contribution in [0.1, 0.15) is 15.9 Å². The number of carbonyl (C=O) groups excluding carboxylic acids is 2. The summed E-state index contributed by atoms with van der Waals surface area (Å²) in [4.78, 5) is 24.9. The molecule has 0 heterocycles. The molecule has 0 aliphatic rings. The highest BCUT2D eigenvalue weighted by molar-refractivity contribution is 7.92. The van der Waals surface area contributed by atoms with Crippen LogP contribution in [0.15, 0.2) is 53.4 Å². The van der Waals surface area contributed by atoms with Crippen LogP contribution in [0.2, 0.25) is 0 Å². The lowest BCUT2D eigenvalue weighted by molar-refractivity contribution is -0.127. The van der Waals surface area contributed by atoms with E-state index >= 15 is 0 Å². The third-order valence-electron chi connectivity index (χ3n) is 3.72. The lowest BCUT2D eigenvalue weighted by Crippen LogP contribution is -2.36. The molecule has 0 saturated heterocycles. The first-order valence-corrected chi connectivity index (χ1v) is 9.36. The number of hydrogen-bond donors (Lipinski definition) is 2. The Kier molecular flexibility index (Phi) is 5.99. The maximum atomic E-state index is 12.5. The van der Waals surface area contributed by atoms with E-state index in [1.54, 1.807) is 39.2 Å². The van der Waals surface area contributed by atoms with Gasteiger partial charge >= 0.3 is 0 Å². The second-order valence-corrected chi connectivity index (χ2v) is 7.60. The minimum atomic E-state index is -3.76. The van der Waals surface area contributed by atoms with E-state index in [1.807, 2.05) is 6.07 Å². The summed E-state index contributed by atoms with van der Waals surface area (Å²) in [7, 11) is -0.572. The van der Waals surface area contributed by atoms with E-state index in [9.17, 15) is 18.0 Å². The number of sulfonamides is 1. The summed E-state index contributed by atoms with van der Waals surface area (Å²) >= 11 is 0. The minimum absolute atomic E-state index is 0.0432. The van der Waals surface area contributed by atoms with E-state index in [0.717, 1.165) is 5.56 Å². The molecule has 2 N–H and O–H groups in total. The van der Waals surface area contributed by atoms with E-state index in [1.165, 1.54) is 29.2 Å². The summed E-state index contributed by atoms with van der Waals surface area (Å²) in [6.07, 6.45) is 0. The van der Waals surface area contributed by atoms with Crippen LogP contribution in [0.3, 0.4) is 0 Å². The molecule has 0 unspecified atom stereocenters. The van der Waals surface area contributed by atoms with Crippen molar-refractivity contribution in [3.05, 3.63) is 59.7 Å². The van der Waals surface area contributed by atoms with E-state index < -0.39 is 15.9 Å². The number of amides is 2. The van der Waals surface area contributed by atoms with Gasteiger partial charge in [0.15, 0.2) is 0 Å². The summed E-state index contributed by atoms with van der Waals surface area (Å²) in [5.74, 6) is -0.684. The van der Waals surface area contributed by atoms with Gasteiger partial charge in [-0.15, -0.1) is 0 Å². The van der Waals surface area contributed by atoms with Crippen molar-refractivity contribution in [3.63, 3.8) is 0 Å². The number of para-hydroxylation sites is 1. The van der Waals surface area contributed by atoms with Crippen LogP contribution in [-0.2, 0) is 14.8 Å². The number of nitrogens with one attached hydrogen (secondary N) is 2. The number of nitrogens with zero attached hydrogens (tertiary/aromatic N) is 1.